The summed E-state index contributed by atoms with van der Waals surface area (Å²) < 4.78 is 92.8. The van der Waals surface area contributed by atoms with Crippen molar-refractivity contribution in [3.05, 3.63) is 130 Å². The van der Waals surface area contributed by atoms with Crippen LogP contribution in [0.25, 0.3) is 0 Å². The van der Waals surface area contributed by atoms with Crippen molar-refractivity contribution in [2.24, 2.45) is 5.92 Å². The van der Waals surface area contributed by atoms with Crippen LogP contribution in [-0.2, 0) is 0 Å². The van der Waals surface area contributed by atoms with Crippen LogP contribution in [0, 0.1) is 64.5 Å². The van der Waals surface area contributed by atoms with Crippen molar-refractivity contribution in [3.8, 4) is 35.2 Å². The molecule has 0 amide bonds. The van der Waals surface area contributed by atoms with E-state index in [1.54, 1.807) is 0 Å². The minimum atomic E-state index is -1.04. The Hall–Kier alpha value is -4.86. The van der Waals surface area contributed by atoms with Crippen LogP contribution in [0.5, 0.6) is 11.5 Å². The van der Waals surface area contributed by atoms with E-state index < -0.39 is 34.9 Å². The van der Waals surface area contributed by atoms with Gasteiger partial charge in [-0.25, -0.2) is 26.3 Å². The average molecular weight is 595 g/mol. The second-order valence-corrected chi connectivity index (χ2v) is 9.36. The van der Waals surface area contributed by atoms with E-state index in [4.69, 9.17) is 9.47 Å². The third kappa shape index (κ3) is 9.06. The Morgan fingerprint density at radius 2 is 0.953 bits per heavy atom. The molecule has 43 heavy (non-hydrogen) atoms. The number of aliphatic hydroxyl groups is 1. The van der Waals surface area contributed by atoms with Gasteiger partial charge in [-0.15, -0.1) is 0 Å². The summed E-state index contributed by atoms with van der Waals surface area (Å²) in [6, 6.07) is 14.5. The van der Waals surface area contributed by atoms with Crippen molar-refractivity contribution in [1.82, 2.24) is 0 Å². The normalized spacial score (nSPS) is 10.5. The third-order valence-electron chi connectivity index (χ3n) is 6.25. The molecule has 0 saturated heterocycles. The predicted molar refractivity (Wildman–Crippen MR) is 148 cm³/mol. The van der Waals surface area contributed by atoms with Gasteiger partial charge in [-0.1, -0.05) is 23.7 Å². The lowest BCUT2D eigenvalue weighted by molar-refractivity contribution is 0.164. The number of hydrogen-bond donors (Lipinski definition) is 1. The number of hydrogen-bond acceptors (Lipinski definition) is 3. The minimum absolute atomic E-state index is 0.0576. The standard InChI is InChI=1S/C34H24F6O3/c35-29-11-3-22(17-33(29)39)1-5-25-7-9-27(19-31(25)37)42-15-13-24(21-41)14-16-43-28-10-8-26(32(38)20-28)6-2-23-4-12-30(36)34(40)18-23/h3-4,7-12,17-20,24,41H,13-16,21H2. The molecule has 0 aliphatic rings. The Morgan fingerprint density at radius 3 is 1.33 bits per heavy atom. The van der Waals surface area contributed by atoms with Crippen LogP contribution in [0.4, 0.5) is 26.3 Å². The zero-order valence-electron chi connectivity index (χ0n) is 22.6. The van der Waals surface area contributed by atoms with Crippen LogP contribution in [0.2, 0.25) is 0 Å². The summed E-state index contributed by atoms with van der Waals surface area (Å²) >= 11 is 0. The number of aliphatic hydroxyl groups excluding tert-OH is 1. The zero-order valence-corrected chi connectivity index (χ0v) is 22.6. The quantitative estimate of drug-likeness (QED) is 0.165. The summed E-state index contributed by atoms with van der Waals surface area (Å²) in [6.45, 7) is 0.224. The van der Waals surface area contributed by atoms with Crippen molar-refractivity contribution >= 4 is 0 Å². The largest absolute Gasteiger partial charge is 0.493 e. The summed E-state index contributed by atoms with van der Waals surface area (Å²) in [4.78, 5) is 0. The maximum absolute atomic E-state index is 14.4. The van der Waals surface area contributed by atoms with Gasteiger partial charge in [-0.05, 0) is 79.4 Å². The first-order valence-corrected chi connectivity index (χ1v) is 13.1. The van der Waals surface area contributed by atoms with E-state index >= 15 is 0 Å². The molecule has 0 unspecified atom stereocenters. The van der Waals surface area contributed by atoms with E-state index in [1.807, 2.05) is 0 Å². The van der Waals surface area contributed by atoms with Crippen LogP contribution < -0.4 is 9.47 Å². The fourth-order valence-electron chi connectivity index (χ4n) is 3.81. The Balaban J connectivity index is 1.23. The highest BCUT2D eigenvalue weighted by molar-refractivity contribution is 5.46. The van der Waals surface area contributed by atoms with Crippen molar-refractivity contribution in [1.29, 1.82) is 0 Å². The maximum Gasteiger partial charge on any atom is 0.160 e. The van der Waals surface area contributed by atoms with Crippen molar-refractivity contribution in [2.75, 3.05) is 19.8 Å². The first-order chi connectivity index (χ1) is 20.7. The molecule has 4 aromatic rings. The Bertz CT molecular complexity index is 1590. The molecular weight excluding hydrogens is 570 g/mol. The lowest BCUT2D eigenvalue weighted by Gasteiger charge is -2.15. The van der Waals surface area contributed by atoms with Gasteiger partial charge in [0, 0.05) is 29.9 Å². The summed E-state index contributed by atoms with van der Waals surface area (Å²) in [5.74, 6) is 5.26. The van der Waals surface area contributed by atoms with Gasteiger partial charge < -0.3 is 14.6 Å². The van der Waals surface area contributed by atoms with Gasteiger partial charge in [0.2, 0.25) is 0 Å². The molecule has 0 atom stereocenters. The van der Waals surface area contributed by atoms with E-state index in [2.05, 4.69) is 23.7 Å². The zero-order chi connectivity index (χ0) is 30.8. The van der Waals surface area contributed by atoms with Crippen molar-refractivity contribution in [3.63, 3.8) is 0 Å². The second-order valence-electron chi connectivity index (χ2n) is 9.36. The van der Waals surface area contributed by atoms with E-state index in [-0.39, 0.29) is 59.5 Å². The van der Waals surface area contributed by atoms with Gasteiger partial charge in [-0.2, -0.15) is 0 Å². The number of ether oxygens (including phenoxy) is 2. The molecule has 220 valence electrons. The van der Waals surface area contributed by atoms with Crippen molar-refractivity contribution in [2.45, 2.75) is 12.8 Å². The van der Waals surface area contributed by atoms with Gasteiger partial charge >= 0.3 is 0 Å². The molecule has 1 N–H and O–H groups in total. The number of halogens is 6. The molecule has 0 saturated carbocycles. The van der Waals surface area contributed by atoms with E-state index in [1.165, 1.54) is 36.4 Å². The maximum atomic E-state index is 14.4. The van der Waals surface area contributed by atoms with Crippen LogP contribution in [0.3, 0.4) is 0 Å². The van der Waals surface area contributed by atoms with Crippen LogP contribution in [0.15, 0.2) is 72.8 Å². The first-order valence-electron chi connectivity index (χ1n) is 13.1. The minimum Gasteiger partial charge on any atom is -0.493 e. The molecule has 0 fully saturated rings. The molecular formula is C34H24F6O3. The molecule has 0 heterocycles. The molecule has 0 radical (unpaired) electrons. The molecule has 0 spiro atoms. The number of rotatable bonds is 9. The van der Waals surface area contributed by atoms with Gasteiger partial charge in [-0.3, -0.25) is 0 Å². The fourth-order valence-corrected chi connectivity index (χ4v) is 3.81. The Labute approximate surface area is 244 Å². The lowest BCUT2D eigenvalue weighted by Crippen LogP contribution is -2.15. The lowest BCUT2D eigenvalue weighted by atomic mass is 10.0. The smallest absolute Gasteiger partial charge is 0.160 e. The Kier molecular flexibility index (Phi) is 10.7. The SMILES string of the molecule is OCC(CCOc1ccc(C#Cc2ccc(F)c(F)c2)c(F)c1)CCOc1ccc(C#Cc2ccc(F)c(F)c2)c(F)c1. The highest BCUT2D eigenvalue weighted by Crippen LogP contribution is 2.20. The Morgan fingerprint density at radius 1 is 0.512 bits per heavy atom. The predicted octanol–water partition coefficient (Wildman–Crippen LogP) is 7.17. The fraction of sp³-hybridized carbons (Fsp3) is 0.176. The second kappa shape index (κ2) is 14.9. The van der Waals surface area contributed by atoms with Crippen LogP contribution >= 0.6 is 0 Å². The summed E-state index contributed by atoms with van der Waals surface area (Å²) in [5.41, 5.74) is 0.516. The third-order valence-corrected chi connectivity index (χ3v) is 6.25. The molecule has 0 aliphatic carbocycles. The molecule has 9 heteroatoms. The van der Waals surface area contributed by atoms with E-state index in [0.717, 1.165) is 36.4 Å². The monoisotopic (exact) mass is 594 g/mol. The first kappa shape index (κ1) is 31.1. The molecule has 3 nitrogen and oxygen atoms in total. The topological polar surface area (TPSA) is 38.7 Å². The summed E-state index contributed by atoms with van der Waals surface area (Å²) in [5, 5.41) is 9.70. The summed E-state index contributed by atoms with van der Waals surface area (Å²) in [7, 11) is 0. The molecule has 4 rings (SSSR count). The average Bonchev–Trinajstić information content (AvgIpc) is 2.99. The highest BCUT2D eigenvalue weighted by Gasteiger charge is 2.11. The summed E-state index contributed by atoms with van der Waals surface area (Å²) in [6.07, 6.45) is 0.873. The van der Waals surface area contributed by atoms with Crippen LogP contribution in [-0.4, -0.2) is 24.9 Å². The van der Waals surface area contributed by atoms with E-state index in [0.29, 0.717) is 12.8 Å². The molecule has 0 bridgehead atoms. The number of benzene rings is 4. The molecule has 0 aliphatic heterocycles. The van der Waals surface area contributed by atoms with Crippen LogP contribution in [0.1, 0.15) is 35.1 Å². The molecule has 4 aromatic carbocycles. The van der Waals surface area contributed by atoms with Gasteiger partial charge in [0.1, 0.15) is 23.1 Å². The van der Waals surface area contributed by atoms with Gasteiger partial charge in [0.15, 0.2) is 23.3 Å². The van der Waals surface area contributed by atoms with Crippen molar-refractivity contribution < 1.29 is 40.9 Å². The van der Waals surface area contributed by atoms with Gasteiger partial charge in [0.25, 0.3) is 0 Å². The van der Waals surface area contributed by atoms with Gasteiger partial charge in [0.05, 0.1) is 24.3 Å². The van der Waals surface area contributed by atoms with E-state index in [9.17, 15) is 31.4 Å². The highest BCUT2D eigenvalue weighted by atomic mass is 19.2. The molecule has 0 aromatic heterocycles.